The summed E-state index contributed by atoms with van der Waals surface area (Å²) < 4.78 is 0. The minimum Gasteiger partial charge on any atom is -0.333 e. The van der Waals surface area contributed by atoms with Crippen LogP contribution >= 0.6 is 11.6 Å². The molecule has 1 heterocycles. The summed E-state index contributed by atoms with van der Waals surface area (Å²) in [5, 5.41) is 0.668. The summed E-state index contributed by atoms with van der Waals surface area (Å²) in [6.07, 6.45) is 3.42. The molecular weight excluding hydrogens is 234 g/mol. The number of benzene rings is 1. The van der Waals surface area contributed by atoms with Crippen LogP contribution in [-0.4, -0.2) is 22.9 Å². The maximum absolute atomic E-state index is 12.4. The lowest BCUT2D eigenvalue weighted by atomic mass is 9.96. The van der Waals surface area contributed by atoms with Crippen molar-refractivity contribution in [1.82, 2.24) is 4.90 Å². The number of piperidine rings is 1. The highest BCUT2D eigenvalue weighted by molar-refractivity contribution is 6.30. The predicted molar refractivity (Wildman–Crippen MR) is 70.4 cm³/mol. The first-order valence-electron chi connectivity index (χ1n) is 6.18. The van der Waals surface area contributed by atoms with Gasteiger partial charge in [0, 0.05) is 22.7 Å². The first-order chi connectivity index (χ1) is 8.09. The summed E-state index contributed by atoms with van der Waals surface area (Å²) in [6.45, 7) is 4.26. The first-order valence-corrected chi connectivity index (χ1v) is 6.55. The summed E-state index contributed by atoms with van der Waals surface area (Å²) in [4.78, 5) is 14.4. The Labute approximate surface area is 108 Å². The van der Waals surface area contributed by atoms with Gasteiger partial charge in [0.15, 0.2) is 0 Å². The Bertz CT molecular complexity index is 391. The maximum atomic E-state index is 12.4. The maximum Gasteiger partial charge on any atom is 0.254 e. The molecule has 0 bridgehead atoms. The number of hydrogen-bond acceptors (Lipinski definition) is 1. The van der Waals surface area contributed by atoms with E-state index in [1.54, 1.807) is 24.3 Å². The van der Waals surface area contributed by atoms with Crippen molar-refractivity contribution in [2.75, 3.05) is 0 Å². The Hall–Kier alpha value is -1.02. The minimum atomic E-state index is 0.126. The van der Waals surface area contributed by atoms with Gasteiger partial charge in [0.2, 0.25) is 0 Å². The Morgan fingerprint density at radius 1 is 1.18 bits per heavy atom. The minimum absolute atomic E-state index is 0.126. The molecule has 1 aromatic carbocycles. The highest BCUT2D eigenvalue weighted by Crippen LogP contribution is 2.24. The fourth-order valence-electron chi connectivity index (χ4n) is 2.56. The van der Waals surface area contributed by atoms with E-state index in [1.165, 1.54) is 6.42 Å². The average molecular weight is 252 g/mol. The Balaban J connectivity index is 2.20. The van der Waals surface area contributed by atoms with Crippen LogP contribution in [0.2, 0.25) is 5.02 Å². The third-order valence-electron chi connectivity index (χ3n) is 3.52. The summed E-state index contributed by atoms with van der Waals surface area (Å²) in [6, 6.07) is 7.82. The number of carbonyl (C=O) groups excluding carboxylic acids is 1. The number of likely N-dealkylation sites (tertiary alicyclic amines) is 1. The quantitative estimate of drug-likeness (QED) is 0.745. The highest BCUT2D eigenvalue weighted by atomic mass is 35.5. The van der Waals surface area contributed by atoms with E-state index in [4.69, 9.17) is 11.6 Å². The van der Waals surface area contributed by atoms with E-state index in [2.05, 4.69) is 13.8 Å². The SMILES string of the molecule is C[C@H]1CCC[C@H](C)N1C(=O)c1ccc(Cl)cc1. The second-order valence-corrected chi connectivity index (χ2v) is 5.28. The molecule has 1 saturated heterocycles. The Morgan fingerprint density at radius 3 is 2.24 bits per heavy atom. The standard InChI is InChI=1S/C14H18ClNO/c1-10-4-3-5-11(2)16(10)14(17)12-6-8-13(15)9-7-12/h6-11H,3-5H2,1-2H3/t10-,11-/m0/s1. The van der Waals surface area contributed by atoms with Crippen molar-refractivity contribution in [1.29, 1.82) is 0 Å². The highest BCUT2D eigenvalue weighted by Gasteiger charge is 2.29. The third-order valence-corrected chi connectivity index (χ3v) is 3.77. The Morgan fingerprint density at radius 2 is 1.71 bits per heavy atom. The van der Waals surface area contributed by atoms with Crippen LogP contribution in [0.5, 0.6) is 0 Å². The van der Waals surface area contributed by atoms with Crippen molar-refractivity contribution in [3.05, 3.63) is 34.9 Å². The number of nitrogens with zero attached hydrogens (tertiary/aromatic N) is 1. The first kappa shape index (κ1) is 12.4. The fraction of sp³-hybridized carbons (Fsp3) is 0.500. The van der Waals surface area contributed by atoms with Gasteiger partial charge in [-0.1, -0.05) is 11.6 Å². The van der Waals surface area contributed by atoms with Crippen molar-refractivity contribution >= 4 is 17.5 Å². The van der Waals surface area contributed by atoms with Crippen LogP contribution in [-0.2, 0) is 0 Å². The van der Waals surface area contributed by atoms with Gasteiger partial charge in [-0.15, -0.1) is 0 Å². The number of rotatable bonds is 1. The third kappa shape index (κ3) is 2.63. The van der Waals surface area contributed by atoms with Crippen molar-refractivity contribution in [2.24, 2.45) is 0 Å². The number of carbonyl (C=O) groups is 1. The summed E-state index contributed by atoms with van der Waals surface area (Å²) in [5.74, 6) is 0.126. The molecule has 0 aromatic heterocycles. The molecule has 1 fully saturated rings. The second kappa shape index (κ2) is 5.09. The molecule has 1 aliphatic rings. The molecule has 0 N–H and O–H groups in total. The Kier molecular flexibility index (Phi) is 3.72. The number of amides is 1. The average Bonchev–Trinajstić information content (AvgIpc) is 2.29. The largest absolute Gasteiger partial charge is 0.333 e. The molecule has 2 atom stereocenters. The van der Waals surface area contributed by atoms with Gasteiger partial charge in [-0.2, -0.15) is 0 Å². The van der Waals surface area contributed by atoms with Crippen LogP contribution in [0.25, 0.3) is 0 Å². The summed E-state index contributed by atoms with van der Waals surface area (Å²) in [7, 11) is 0. The van der Waals surface area contributed by atoms with E-state index >= 15 is 0 Å². The molecule has 2 rings (SSSR count). The van der Waals surface area contributed by atoms with Gasteiger partial charge in [-0.25, -0.2) is 0 Å². The van der Waals surface area contributed by atoms with E-state index in [0.717, 1.165) is 18.4 Å². The van der Waals surface area contributed by atoms with E-state index in [0.29, 0.717) is 17.1 Å². The molecule has 0 radical (unpaired) electrons. The molecule has 0 aliphatic carbocycles. The molecule has 17 heavy (non-hydrogen) atoms. The van der Waals surface area contributed by atoms with Crippen molar-refractivity contribution in [2.45, 2.75) is 45.2 Å². The van der Waals surface area contributed by atoms with Gasteiger partial charge < -0.3 is 4.90 Å². The smallest absolute Gasteiger partial charge is 0.254 e. The molecule has 1 aliphatic heterocycles. The van der Waals surface area contributed by atoms with Crippen molar-refractivity contribution < 1.29 is 4.79 Å². The van der Waals surface area contributed by atoms with E-state index in [-0.39, 0.29) is 5.91 Å². The van der Waals surface area contributed by atoms with Gasteiger partial charge in [0.05, 0.1) is 0 Å². The van der Waals surface area contributed by atoms with Crippen LogP contribution in [0.1, 0.15) is 43.5 Å². The molecule has 1 aromatic rings. The monoisotopic (exact) mass is 251 g/mol. The van der Waals surface area contributed by atoms with Gasteiger partial charge in [0.1, 0.15) is 0 Å². The van der Waals surface area contributed by atoms with Crippen molar-refractivity contribution in [3.8, 4) is 0 Å². The molecule has 0 unspecified atom stereocenters. The second-order valence-electron chi connectivity index (χ2n) is 4.85. The molecule has 0 saturated carbocycles. The predicted octanol–water partition coefficient (Wildman–Crippen LogP) is 3.74. The molecule has 1 amide bonds. The van der Waals surface area contributed by atoms with Gasteiger partial charge in [0.25, 0.3) is 5.91 Å². The topological polar surface area (TPSA) is 20.3 Å². The lowest BCUT2D eigenvalue weighted by molar-refractivity contribution is 0.0511. The van der Waals surface area contributed by atoms with Crippen LogP contribution in [0.3, 0.4) is 0 Å². The zero-order valence-corrected chi connectivity index (χ0v) is 11.1. The molecule has 3 heteroatoms. The number of halogens is 1. The van der Waals surface area contributed by atoms with E-state index < -0.39 is 0 Å². The zero-order chi connectivity index (χ0) is 12.4. The van der Waals surface area contributed by atoms with Crippen LogP contribution < -0.4 is 0 Å². The molecule has 0 spiro atoms. The lowest BCUT2D eigenvalue weighted by Gasteiger charge is -2.39. The molecule has 92 valence electrons. The van der Waals surface area contributed by atoms with Gasteiger partial charge in [-0.3, -0.25) is 4.79 Å². The lowest BCUT2D eigenvalue weighted by Crippen LogP contribution is -2.47. The fourth-order valence-corrected chi connectivity index (χ4v) is 2.69. The van der Waals surface area contributed by atoms with Gasteiger partial charge >= 0.3 is 0 Å². The number of hydrogen-bond donors (Lipinski definition) is 0. The normalized spacial score (nSPS) is 24.8. The zero-order valence-electron chi connectivity index (χ0n) is 10.3. The summed E-state index contributed by atoms with van der Waals surface area (Å²) in [5.41, 5.74) is 0.731. The summed E-state index contributed by atoms with van der Waals surface area (Å²) >= 11 is 5.83. The van der Waals surface area contributed by atoms with Crippen molar-refractivity contribution in [3.63, 3.8) is 0 Å². The van der Waals surface area contributed by atoms with Crippen LogP contribution in [0.15, 0.2) is 24.3 Å². The molecular formula is C14H18ClNO. The van der Waals surface area contributed by atoms with Crippen LogP contribution in [0.4, 0.5) is 0 Å². The van der Waals surface area contributed by atoms with E-state index in [9.17, 15) is 4.79 Å². The van der Waals surface area contributed by atoms with Crippen LogP contribution in [0, 0.1) is 0 Å². The van der Waals surface area contributed by atoms with Gasteiger partial charge in [-0.05, 0) is 57.4 Å². The molecule has 2 nitrogen and oxygen atoms in total. The van der Waals surface area contributed by atoms with E-state index in [1.807, 2.05) is 4.90 Å².